The van der Waals surface area contributed by atoms with Crippen LogP contribution in [0, 0.1) is 5.92 Å². The van der Waals surface area contributed by atoms with Gasteiger partial charge >= 0.3 is 0 Å². The van der Waals surface area contributed by atoms with Gasteiger partial charge in [0.25, 0.3) is 0 Å². The molecule has 1 heterocycles. The molecular formula is C26H32ClN3O2. The molecule has 1 aromatic heterocycles. The summed E-state index contributed by atoms with van der Waals surface area (Å²) in [6.07, 6.45) is 2.74. The summed E-state index contributed by atoms with van der Waals surface area (Å²) >= 11 is 6.06. The molecule has 0 fully saturated rings. The van der Waals surface area contributed by atoms with Crippen molar-refractivity contribution in [3.05, 3.63) is 71.9 Å². The molecule has 0 spiro atoms. The second-order valence-corrected chi connectivity index (χ2v) is 9.29. The first-order valence-electron chi connectivity index (χ1n) is 11.1. The Labute approximate surface area is 195 Å². The van der Waals surface area contributed by atoms with E-state index < -0.39 is 5.38 Å². The van der Waals surface area contributed by atoms with Gasteiger partial charge in [0, 0.05) is 36.7 Å². The molecule has 0 saturated heterocycles. The van der Waals surface area contributed by atoms with E-state index in [4.69, 9.17) is 11.6 Å². The van der Waals surface area contributed by atoms with Gasteiger partial charge in [0.2, 0.25) is 11.8 Å². The van der Waals surface area contributed by atoms with E-state index in [0.717, 1.165) is 17.5 Å². The van der Waals surface area contributed by atoms with Crippen LogP contribution >= 0.6 is 11.6 Å². The number of aromatic amines is 1. The number of rotatable bonds is 10. The van der Waals surface area contributed by atoms with Gasteiger partial charge in [-0.25, -0.2) is 0 Å². The fourth-order valence-corrected chi connectivity index (χ4v) is 4.02. The highest BCUT2D eigenvalue weighted by Gasteiger charge is 2.25. The van der Waals surface area contributed by atoms with Crippen LogP contribution in [-0.4, -0.2) is 51.6 Å². The average molecular weight is 454 g/mol. The highest BCUT2D eigenvalue weighted by molar-refractivity contribution is 6.30. The Morgan fingerprint density at radius 1 is 0.969 bits per heavy atom. The third-order valence-corrected chi connectivity index (χ3v) is 5.65. The number of hydrogen-bond donors (Lipinski definition) is 1. The van der Waals surface area contributed by atoms with Gasteiger partial charge in [0.05, 0.1) is 6.54 Å². The largest absolute Gasteiger partial charge is 0.361 e. The van der Waals surface area contributed by atoms with Crippen molar-refractivity contribution in [2.24, 2.45) is 5.92 Å². The predicted molar refractivity (Wildman–Crippen MR) is 131 cm³/mol. The SMILES string of the molecule is CC(C)CN(CC(=O)N(CCc1c[nH]c2ccccc12)Cc1ccccc1)C(=O)C(C)Cl. The number of carbonyl (C=O) groups is 2. The normalized spacial score (nSPS) is 12.2. The average Bonchev–Trinajstić information content (AvgIpc) is 3.19. The molecule has 0 aliphatic rings. The third kappa shape index (κ3) is 6.36. The fourth-order valence-electron chi connectivity index (χ4n) is 3.88. The lowest BCUT2D eigenvalue weighted by molar-refractivity contribution is -0.141. The minimum absolute atomic E-state index is 0.0365. The lowest BCUT2D eigenvalue weighted by Crippen LogP contribution is -2.46. The number of amides is 2. The van der Waals surface area contributed by atoms with Gasteiger partial charge in [-0.2, -0.15) is 0 Å². The van der Waals surface area contributed by atoms with E-state index in [0.29, 0.717) is 19.6 Å². The van der Waals surface area contributed by atoms with Gasteiger partial charge in [0.1, 0.15) is 5.38 Å². The number of nitrogens with one attached hydrogen (secondary N) is 1. The molecule has 1 unspecified atom stereocenters. The Morgan fingerprint density at radius 2 is 1.66 bits per heavy atom. The Morgan fingerprint density at radius 3 is 2.34 bits per heavy atom. The predicted octanol–water partition coefficient (Wildman–Crippen LogP) is 4.85. The summed E-state index contributed by atoms with van der Waals surface area (Å²) in [4.78, 5) is 32.7. The molecule has 32 heavy (non-hydrogen) atoms. The lowest BCUT2D eigenvalue weighted by atomic mass is 10.1. The zero-order chi connectivity index (χ0) is 23.1. The molecule has 1 atom stereocenters. The number of para-hydroxylation sites is 1. The number of alkyl halides is 1. The molecule has 0 aliphatic carbocycles. The quantitative estimate of drug-likeness (QED) is 0.446. The van der Waals surface area contributed by atoms with Crippen LogP contribution in [0.3, 0.4) is 0 Å². The van der Waals surface area contributed by atoms with Crippen molar-refractivity contribution < 1.29 is 9.59 Å². The maximum atomic E-state index is 13.4. The molecule has 0 saturated carbocycles. The number of H-pyrrole nitrogens is 1. The van der Waals surface area contributed by atoms with Crippen LogP contribution in [0.2, 0.25) is 0 Å². The van der Waals surface area contributed by atoms with Crippen molar-refractivity contribution in [2.75, 3.05) is 19.6 Å². The molecule has 5 nitrogen and oxygen atoms in total. The van der Waals surface area contributed by atoms with E-state index in [1.54, 1.807) is 11.8 Å². The van der Waals surface area contributed by atoms with E-state index in [-0.39, 0.29) is 24.3 Å². The highest BCUT2D eigenvalue weighted by atomic mass is 35.5. The van der Waals surface area contributed by atoms with Crippen LogP contribution in [0.5, 0.6) is 0 Å². The van der Waals surface area contributed by atoms with Crippen molar-refractivity contribution >= 4 is 34.3 Å². The standard InChI is InChI=1S/C26H32ClN3O2/c1-19(2)16-30(26(32)20(3)27)18-25(31)29(17-21-9-5-4-6-10-21)14-13-22-15-28-24-12-8-7-11-23(22)24/h4-12,15,19-20,28H,13-14,16-18H2,1-3H3. The Kier molecular flexibility index (Phi) is 8.34. The summed E-state index contributed by atoms with van der Waals surface area (Å²) in [7, 11) is 0. The molecule has 3 rings (SSSR count). The van der Waals surface area contributed by atoms with Crippen LogP contribution in [0.1, 0.15) is 31.9 Å². The Bertz CT molecular complexity index is 1030. The van der Waals surface area contributed by atoms with Crippen molar-refractivity contribution in [2.45, 2.75) is 39.1 Å². The van der Waals surface area contributed by atoms with Crippen LogP contribution in [-0.2, 0) is 22.6 Å². The van der Waals surface area contributed by atoms with Crippen LogP contribution in [0.15, 0.2) is 60.8 Å². The fraction of sp³-hybridized carbons (Fsp3) is 0.385. The maximum absolute atomic E-state index is 13.4. The second-order valence-electron chi connectivity index (χ2n) is 8.64. The molecule has 3 aromatic rings. The number of hydrogen-bond acceptors (Lipinski definition) is 2. The topological polar surface area (TPSA) is 56.4 Å². The van der Waals surface area contributed by atoms with E-state index in [1.165, 1.54) is 10.9 Å². The first kappa shape index (κ1) is 23.9. The summed E-state index contributed by atoms with van der Waals surface area (Å²) in [5, 5.41) is 0.516. The number of nitrogens with zero attached hydrogens (tertiary/aromatic N) is 2. The molecule has 0 aliphatic heterocycles. The number of fused-ring (bicyclic) bond motifs is 1. The number of carbonyl (C=O) groups excluding carboxylic acids is 2. The molecule has 2 amide bonds. The molecular weight excluding hydrogens is 422 g/mol. The van der Waals surface area contributed by atoms with Gasteiger partial charge in [-0.3, -0.25) is 9.59 Å². The van der Waals surface area contributed by atoms with Gasteiger partial charge in [-0.15, -0.1) is 11.6 Å². The number of benzene rings is 2. The molecule has 170 valence electrons. The zero-order valence-corrected chi connectivity index (χ0v) is 19.8. The molecule has 6 heteroatoms. The maximum Gasteiger partial charge on any atom is 0.242 e. The zero-order valence-electron chi connectivity index (χ0n) is 19.1. The molecule has 2 aromatic carbocycles. The summed E-state index contributed by atoms with van der Waals surface area (Å²) in [5.41, 5.74) is 3.33. The van der Waals surface area contributed by atoms with Crippen molar-refractivity contribution in [1.29, 1.82) is 0 Å². The summed E-state index contributed by atoms with van der Waals surface area (Å²) in [6.45, 7) is 7.32. The van der Waals surface area contributed by atoms with E-state index in [2.05, 4.69) is 17.1 Å². The molecule has 0 radical (unpaired) electrons. The molecule has 0 bridgehead atoms. The van der Waals surface area contributed by atoms with Gasteiger partial charge in [0.15, 0.2) is 0 Å². The van der Waals surface area contributed by atoms with Crippen LogP contribution in [0.25, 0.3) is 10.9 Å². The van der Waals surface area contributed by atoms with Crippen molar-refractivity contribution in [1.82, 2.24) is 14.8 Å². The minimum Gasteiger partial charge on any atom is -0.361 e. The van der Waals surface area contributed by atoms with Crippen LogP contribution < -0.4 is 0 Å². The first-order chi connectivity index (χ1) is 15.3. The Hall–Kier alpha value is -2.79. The number of halogens is 1. The lowest BCUT2D eigenvalue weighted by Gasteiger charge is -2.29. The molecule has 1 N–H and O–H groups in total. The highest BCUT2D eigenvalue weighted by Crippen LogP contribution is 2.19. The van der Waals surface area contributed by atoms with E-state index in [9.17, 15) is 9.59 Å². The summed E-state index contributed by atoms with van der Waals surface area (Å²) in [5.74, 6) is -0.0269. The van der Waals surface area contributed by atoms with Crippen LogP contribution in [0.4, 0.5) is 0 Å². The smallest absolute Gasteiger partial charge is 0.242 e. The summed E-state index contributed by atoms with van der Waals surface area (Å²) < 4.78 is 0. The summed E-state index contributed by atoms with van der Waals surface area (Å²) in [6, 6.07) is 18.1. The minimum atomic E-state index is -0.657. The monoisotopic (exact) mass is 453 g/mol. The van der Waals surface area contributed by atoms with Gasteiger partial charge in [-0.05, 0) is 36.5 Å². The van der Waals surface area contributed by atoms with Crippen molar-refractivity contribution in [3.8, 4) is 0 Å². The third-order valence-electron chi connectivity index (χ3n) is 5.46. The Balaban J connectivity index is 1.77. The van der Waals surface area contributed by atoms with Gasteiger partial charge < -0.3 is 14.8 Å². The van der Waals surface area contributed by atoms with E-state index >= 15 is 0 Å². The second kappa shape index (κ2) is 11.2. The number of aromatic nitrogens is 1. The van der Waals surface area contributed by atoms with Crippen molar-refractivity contribution in [3.63, 3.8) is 0 Å². The van der Waals surface area contributed by atoms with E-state index in [1.807, 2.05) is 67.4 Å². The van der Waals surface area contributed by atoms with Gasteiger partial charge in [-0.1, -0.05) is 62.4 Å². The first-order valence-corrected chi connectivity index (χ1v) is 11.6.